The number of carbonyl (C=O) groups excluding carboxylic acids is 1. The molecule has 6 heteroatoms. The third-order valence-corrected chi connectivity index (χ3v) is 6.49. The first-order chi connectivity index (χ1) is 14.1. The van der Waals surface area contributed by atoms with Gasteiger partial charge < -0.3 is 24.4 Å². The van der Waals surface area contributed by atoms with Crippen molar-refractivity contribution in [3.05, 3.63) is 47.2 Å². The van der Waals surface area contributed by atoms with Crippen LogP contribution in [0.1, 0.15) is 36.8 Å². The fourth-order valence-electron chi connectivity index (χ4n) is 4.23. The van der Waals surface area contributed by atoms with Crippen LogP contribution in [0.5, 0.6) is 0 Å². The fourth-order valence-corrected chi connectivity index (χ4v) is 4.23. The monoisotopic (exact) mass is 400 g/mol. The number of hydrogen-bond donors (Lipinski definition) is 1. The Hall–Kier alpha value is -1.89. The zero-order valence-electron chi connectivity index (χ0n) is 17.3. The maximum absolute atomic E-state index is 13.1. The van der Waals surface area contributed by atoms with E-state index in [2.05, 4.69) is 18.0 Å². The summed E-state index contributed by atoms with van der Waals surface area (Å²) in [7, 11) is 2.09. The van der Waals surface area contributed by atoms with Gasteiger partial charge in [-0.25, -0.2) is 0 Å². The molecule has 1 saturated heterocycles. The number of carbonyl (C=O) groups is 1. The number of likely N-dealkylation sites (N-methyl/N-ethyl adjacent to an activating group) is 1. The van der Waals surface area contributed by atoms with Crippen molar-refractivity contribution in [1.29, 1.82) is 0 Å². The van der Waals surface area contributed by atoms with Crippen LogP contribution in [0.4, 0.5) is 0 Å². The molecule has 4 rings (SSSR count). The van der Waals surface area contributed by atoms with Crippen molar-refractivity contribution in [3.63, 3.8) is 0 Å². The van der Waals surface area contributed by atoms with Crippen LogP contribution < -0.4 is 0 Å². The molecule has 2 aliphatic heterocycles. The summed E-state index contributed by atoms with van der Waals surface area (Å²) in [5.74, 6) is 1.47. The first kappa shape index (κ1) is 20.4. The molecule has 2 atom stereocenters. The second-order valence-electron chi connectivity index (χ2n) is 8.55. The van der Waals surface area contributed by atoms with Gasteiger partial charge in [-0.15, -0.1) is 0 Å². The molecular weight excluding hydrogens is 368 g/mol. The molecule has 1 saturated carbocycles. The van der Waals surface area contributed by atoms with Gasteiger partial charge in [0.15, 0.2) is 5.76 Å². The van der Waals surface area contributed by atoms with Gasteiger partial charge in [0.05, 0.1) is 13.2 Å². The molecule has 0 spiro atoms. The van der Waals surface area contributed by atoms with Gasteiger partial charge in [-0.1, -0.05) is 30.7 Å². The molecule has 29 heavy (non-hydrogen) atoms. The smallest absolute Gasteiger partial charge is 0.288 e. The predicted molar refractivity (Wildman–Crippen MR) is 110 cm³/mol. The zero-order valence-corrected chi connectivity index (χ0v) is 17.3. The maximum atomic E-state index is 13.1. The third kappa shape index (κ3) is 5.00. The number of hydrogen-bond acceptors (Lipinski definition) is 5. The molecule has 0 unspecified atom stereocenters. The van der Waals surface area contributed by atoms with Gasteiger partial charge in [0, 0.05) is 32.6 Å². The van der Waals surface area contributed by atoms with Crippen molar-refractivity contribution in [2.24, 2.45) is 11.8 Å². The van der Waals surface area contributed by atoms with Crippen LogP contribution in [-0.4, -0.2) is 60.3 Å². The van der Waals surface area contributed by atoms with Crippen molar-refractivity contribution in [1.82, 2.24) is 9.80 Å². The predicted octanol–water partition coefficient (Wildman–Crippen LogP) is 2.52. The largest absolute Gasteiger partial charge is 0.459 e. The van der Waals surface area contributed by atoms with E-state index in [4.69, 9.17) is 9.47 Å². The van der Waals surface area contributed by atoms with Gasteiger partial charge in [0.1, 0.15) is 0 Å². The van der Waals surface area contributed by atoms with E-state index >= 15 is 0 Å². The summed E-state index contributed by atoms with van der Waals surface area (Å²) < 4.78 is 12.1. The van der Waals surface area contributed by atoms with E-state index in [0.29, 0.717) is 24.2 Å². The Labute approximate surface area is 173 Å². The van der Waals surface area contributed by atoms with Crippen molar-refractivity contribution in [2.75, 3.05) is 33.2 Å². The van der Waals surface area contributed by atoms with Gasteiger partial charge in [0.25, 0.3) is 5.91 Å². The highest BCUT2D eigenvalue weighted by Gasteiger charge is 2.36. The topological polar surface area (TPSA) is 62.2 Å². The molecule has 1 aromatic carbocycles. The van der Waals surface area contributed by atoms with Crippen molar-refractivity contribution in [3.8, 4) is 0 Å². The Morgan fingerprint density at radius 2 is 1.83 bits per heavy atom. The normalized spacial score (nSPS) is 25.9. The molecular formula is C23H32N2O4. The molecule has 0 bridgehead atoms. The number of nitrogens with zero attached hydrogens (tertiary/aromatic N) is 2. The third-order valence-electron chi connectivity index (χ3n) is 6.49. The molecule has 1 aromatic rings. The quantitative estimate of drug-likeness (QED) is 0.795. The molecule has 6 nitrogen and oxygen atoms in total. The van der Waals surface area contributed by atoms with Crippen LogP contribution in [-0.2, 0) is 27.5 Å². The van der Waals surface area contributed by atoms with E-state index in [9.17, 15) is 9.90 Å². The van der Waals surface area contributed by atoms with E-state index in [-0.39, 0.29) is 12.5 Å². The summed E-state index contributed by atoms with van der Waals surface area (Å²) in [6, 6.07) is 7.73. The van der Waals surface area contributed by atoms with E-state index in [0.717, 1.165) is 43.7 Å². The number of aliphatic hydroxyl groups is 1. The van der Waals surface area contributed by atoms with Gasteiger partial charge in [-0.2, -0.15) is 0 Å². The van der Waals surface area contributed by atoms with Gasteiger partial charge in [0.2, 0.25) is 6.29 Å². The van der Waals surface area contributed by atoms with Crippen molar-refractivity contribution in [2.45, 2.75) is 45.2 Å². The summed E-state index contributed by atoms with van der Waals surface area (Å²) in [4.78, 5) is 17.2. The molecule has 1 amide bonds. The van der Waals surface area contributed by atoms with Crippen molar-refractivity contribution < 1.29 is 19.4 Å². The SMILES string of the molecule is CN1CCN(C(=O)C2=C[C@H](C3CCC3)C[C@H](OCc3ccc(CO)cc3)O2)CC1. The lowest BCUT2D eigenvalue weighted by Gasteiger charge is -2.39. The van der Waals surface area contributed by atoms with Crippen molar-refractivity contribution >= 4 is 5.91 Å². The highest BCUT2D eigenvalue weighted by molar-refractivity contribution is 5.91. The highest BCUT2D eigenvalue weighted by atomic mass is 16.7. The van der Waals surface area contributed by atoms with E-state index in [1.807, 2.05) is 29.2 Å². The number of amides is 1. The summed E-state index contributed by atoms with van der Waals surface area (Å²) >= 11 is 0. The first-order valence-electron chi connectivity index (χ1n) is 10.8. The minimum atomic E-state index is -0.394. The summed E-state index contributed by atoms with van der Waals surface area (Å²) in [6.07, 6.45) is 6.22. The molecule has 2 heterocycles. The minimum Gasteiger partial charge on any atom is -0.459 e. The molecule has 1 aliphatic carbocycles. The van der Waals surface area contributed by atoms with E-state index in [1.165, 1.54) is 19.3 Å². The molecule has 0 radical (unpaired) electrons. The second kappa shape index (κ2) is 9.28. The average molecular weight is 401 g/mol. The molecule has 1 N–H and O–H groups in total. The van der Waals surface area contributed by atoms with Gasteiger partial charge >= 0.3 is 0 Å². The Morgan fingerprint density at radius 3 is 2.45 bits per heavy atom. The molecule has 2 fully saturated rings. The number of rotatable bonds is 6. The number of piperazine rings is 1. The number of aliphatic hydroxyl groups excluding tert-OH is 1. The Bertz CT molecular complexity index is 721. The maximum Gasteiger partial charge on any atom is 0.288 e. The Balaban J connectivity index is 1.40. The fraction of sp³-hybridized carbons (Fsp3) is 0.609. The van der Waals surface area contributed by atoms with Crippen LogP contribution >= 0.6 is 0 Å². The minimum absolute atomic E-state index is 0.00280. The van der Waals surface area contributed by atoms with Crippen LogP contribution in [0.25, 0.3) is 0 Å². The van der Waals surface area contributed by atoms with Gasteiger partial charge in [-0.3, -0.25) is 4.79 Å². The summed E-state index contributed by atoms with van der Waals surface area (Å²) in [5.41, 5.74) is 1.92. The lowest BCUT2D eigenvalue weighted by molar-refractivity contribution is -0.162. The zero-order chi connectivity index (χ0) is 20.2. The first-order valence-corrected chi connectivity index (χ1v) is 10.8. The summed E-state index contributed by atoms with van der Waals surface area (Å²) in [5, 5.41) is 9.18. The number of benzene rings is 1. The average Bonchev–Trinajstić information content (AvgIpc) is 2.71. The Kier molecular flexibility index (Phi) is 6.53. The Morgan fingerprint density at radius 1 is 1.14 bits per heavy atom. The standard InChI is InChI=1S/C23H32N2O4/c1-24-9-11-25(12-10-24)23(27)21-13-20(19-3-2-4-19)14-22(29-21)28-16-18-7-5-17(15-26)6-8-18/h5-8,13,19-20,22,26H,2-4,9-12,14-16H2,1H3/t20-,22+/m0/s1. The van der Waals surface area contributed by atoms with E-state index < -0.39 is 6.29 Å². The highest BCUT2D eigenvalue weighted by Crippen LogP contribution is 2.40. The molecule has 3 aliphatic rings. The van der Waals surface area contributed by atoms with E-state index in [1.54, 1.807) is 0 Å². The molecule has 0 aromatic heterocycles. The summed E-state index contributed by atoms with van der Waals surface area (Å²) in [6.45, 7) is 3.76. The van der Waals surface area contributed by atoms with Gasteiger partial charge in [-0.05, 0) is 48.9 Å². The van der Waals surface area contributed by atoms with Crippen LogP contribution in [0.15, 0.2) is 36.1 Å². The van der Waals surface area contributed by atoms with Crippen LogP contribution in [0.2, 0.25) is 0 Å². The lowest BCUT2D eigenvalue weighted by Crippen LogP contribution is -2.48. The number of ether oxygens (including phenoxy) is 2. The lowest BCUT2D eigenvalue weighted by atomic mass is 9.73. The second-order valence-corrected chi connectivity index (χ2v) is 8.55. The van der Waals surface area contributed by atoms with Crippen LogP contribution in [0.3, 0.4) is 0 Å². The number of allylic oxidation sites excluding steroid dienone is 1. The van der Waals surface area contributed by atoms with Crippen LogP contribution in [0, 0.1) is 11.8 Å². The molecule has 158 valence electrons.